The Balaban J connectivity index is -0.000000252. The molecule has 0 aliphatic carbocycles. The topological polar surface area (TPSA) is 102 Å². The van der Waals surface area contributed by atoms with Crippen molar-refractivity contribution >= 4 is 17.8 Å². The van der Waals surface area contributed by atoms with Crippen LogP contribution >= 0.6 is 0 Å². The van der Waals surface area contributed by atoms with Gasteiger partial charge in [-0.3, -0.25) is 4.79 Å². The Hall–Kier alpha value is -2.41. The number of hydrogen-bond acceptors (Lipinski definition) is 6. The van der Waals surface area contributed by atoms with E-state index in [9.17, 15) is 14.4 Å². The normalized spacial score (nSPS) is 7.77. The van der Waals surface area contributed by atoms with Crippen molar-refractivity contribution in [2.75, 3.05) is 20.4 Å². The van der Waals surface area contributed by atoms with Gasteiger partial charge >= 0.3 is 11.9 Å². The lowest BCUT2D eigenvalue weighted by molar-refractivity contribution is -0.138. The number of ether oxygens (including phenoxy) is 2. The van der Waals surface area contributed by atoms with Gasteiger partial charge in [0.05, 0.1) is 13.7 Å². The van der Waals surface area contributed by atoms with Gasteiger partial charge in [0.2, 0.25) is 5.91 Å². The van der Waals surface area contributed by atoms with Gasteiger partial charge in [0, 0.05) is 12.2 Å². The van der Waals surface area contributed by atoms with Crippen molar-refractivity contribution < 1.29 is 29.0 Å². The van der Waals surface area contributed by atoms with Gasteiger partial charge in [0.1, 0.15) is 6.73 Å². The lowest BCUT2D eigenvalue weighted by Gasteiger charge is -1.97. The van der Waals surface area contributed by atoms with Crippen LogP contribution in [0.15, 0.2) is 38.0 Å². The van der Waals surface area contributed by atoms with E-state index in [-0.39, 0.29) is 18.6 Å². The van der Waals surface area contributed by atoms with Gasteiger partial charge < -0.3 is 19.9 Å². The van der Waals surface area contributed by atoms with Crippen LogP contribution in [-0.2, 0) is 23.9 Å². The third-order valence-corrected chi connectivity index (χ3v) is 1.72. The Morgan fingerprint density at radius 2 is 1.64 bits per heavy atom. The van der Waals surface area contributed by atoms with Crippen molar-refractivity contribution in [2.24, 2.45) is 0 Å². The molecule has 0 bridgehead atoms. The summed E-state index contributed by atoms with van der Waals surface area (Å²) in [5.41, 5.74) is 0. The molecule has 0 rings (SSSR count). The Kier molecular flexibility index (Phi) is 23.4. The van der Waals surface area contributed by atoms with Crippen LogP contribution < -0.4 is 5.32 Å². The molecule has 0 aromatic carbocycles. The quantitative estimate of drug-likeness (QED) is 0.316. The van der Waals surface area contributed by atoms with E-state index in [0.717, 1.165) is 25.0 Å². The van der Waals surface area contributed by atoms with E-state index in [1.807, 2.05) is 6.92 Å². The van der Waals surface area contributed by atoms with E-state index in [2.05, 4.69) is 34.5 Å². The molecule has 0 unspecified atom stereocenters. The smallest absolute Gasteiger partial charge is 0.330 e. The minimum Gasteiger partial charge on any atom is -0.466 e. The average Bonchev–Trinajstić information content (AvgIpc) is 2.55. The molecule has 0 saturated carbocycles. The Labute approximate surface area is 131 Å². The predicted octanol–water partition coefficient (Wildman–Crippen LogP) is 1.10. The first-order valence-corrected chi connectivity index (χ1v) is 6.44. The number of amides is 1. The molecular weight excluding hydrogens is 290 g/mol. The number of rotatable bonds is 7. The molecule has 1 amide bonds. The summed E-state index contributed by atoms with van der Waals surface area (Å²) in [5.74, 6) is -1.08. The third-order valence-electron chi connectivity index (χ3n) is 1.72. The van der Waals surface area contributed by atoms with Crippen LogP contribution in [0.5, 0.6) is 0 Å². The predicted molar refractivity (Wildman–Crippen MR) is 83.7 cm³/mol. The highest BCUT2D eigenvalue weighted by atomic mass is 16.5. The number of hydrogen-bond donors (Lipinski definition) is 2. The van der Waals surface area contributed by atoms with E-state index in [1.54, 1.807) is 0 Å². The van der Waals surface area contributed by atoms with Crippen LogP contribution in [0, 0.1) is 0 Å². The molecule has 0 atom stereocenters. The van der Waals surface area contributed by atoms with Gasteiger partial charge in [-0.2, -0.15) is 0 Å². The number of unbranched alkanes of at least 4 members (excludes halogenated alkanes) is 1. The fourth-order valence-corrected chi connectivity index (χ4v) is 0.609. The van der Waals surface area contributed by atoms with Gasteiger partial charge in [-0.25, -0.2) is 9.59 Å². The second-order valence-electron chi connectivity index (χ2n) is 3.36. The summed E-state index contributed by atoms with van der Waals surface area (Å²) in [4.78, 5) is 30.2. The third kappa shape index (κ3) is 26.2. The molecule has 0 aliphatic rings. The number of methoxy groups -OCH3 is 1. The minimum absolute atomic E-state index is 0.329. The number of esters is 2. The molecule has 0 fully saturated rings. The van der Waals surface area contributed by atoms with Crippen molar-refractivity contribution in [3.05, 3.63) is 38.0 Å². The average molecular weight is 315 g/mol. The molecule has 22 heavy (non-hydrogen) atoms. The second kappa shape index (κ2) is 20.9. The standard InChI is InChI=1S/C7H12O2.C4H7NO2.C4H6O2/c1-3-5-6-9-7(8)4-2;1-2-4(7)5-3-6;1-3-4(5)6-2/h4H,2-3,5-6H2,1H3;2,6H,1,3H2,(H,5,7);3H,1H2,2H3. The Bertz CT molecular complexity index is 352. The Morgan fingerprint density at radius 3 is 1.86 bits per heavy atom. The maximum Gasteiger partial charge on any atom is 0.330 e. The number of aliphatic hydroxyl groups excluding tert-OH is 1. The van der Waals surface area contributed by atoms with Crippen LogP contribution in [0.25, 0.3) is 0 Å². The number of aliphatic hydroxyl groups is 1. The molecular formula is C15H25NO6. The highest BCUT2D eigenvalue weighted by Crippen LogP contribution is 1.88. The molecule has 0 radical (unpaired) electrons. The Morgan fingerprint density at radius 1 is 1.09 bits per heavy atom. The summed E-state index contributed by atoms with van der Waals surface area (Å²) >= 11 is 0. The van der Waals surface area contributed by atoms with Crippen LogP contribution in [0.1, 0.15) is 19.8 Å². The molecule has 0 spiro atoms. The van der Waals surface area contributed by atoms with Crippen molar-refractivity contribution in [3.63, 3.8) is 0 Å². The van der Waals surface area contributed by atoms with Crippen LogP contribution in [-0.4, -0.2) is 43.4 Å². The SMILES string of the molecule is C=CC(=O)NCO.C=CC(=O)OC.C=CC(=O)OCCCC. The molecule has 126 valence electrons. The zero-order valence-electron chi connectivity index (χ0n) is 13.2. The molecule has 0 aromatic rings. The molecule has 0 heterocycles. The molecule has 7 heteroatoms. The van der Waals surface area contributed by atoms with Gasteiger partial charge in [-0.05, 0) is 12.5 Å². The highest BCUT2D eigenvalue weighted by Gasteiger charge is 1.91. The van der Waals surface area contributed by atoms with Gasteiger partial charge in [0.25, 0.3) is 0 Å². The fraction of sp³-hybridized carbons (Fsp3) is 0.400. The van der Waals surface area contributed by atoms with E-state index in [1.165, 1.54) is 13.2 Å². The first kappa shape index (κ1) is 24.6. The van der Waals surface area contributed by atoms with Crippen molar-refractivity contribution in [2.45, 2.75) is 19.8 Å². The number of carbonyl (C=O) groups is 3. The fourth-order valence-electron chi connectivity index (χ4n) is 0.609. The summed E-state index contributed by atoms with van der Waals surface area (Å²) in [5, 5.41) is 10.1. The highest BCUT2D eigenvalue weighted by molar-refractivity contribution is 5.86. The summed E-state index contributed by atoms with van der Waals surface area (Å²) < 4.78 is 8.82. The maximum atomic E-state index is 10.3. The van der Waals surface area contributed by atoms with E-state index in [4.69, 9.17) is 5.11 Å². The molecule has 7 nitrogen and oxygen atoms in total. The monoisotopic (exact) mass is 315 g/mol. The first-order valence-electron chi connectivity index (χ1n) is 6.44. The zero-order valence-corrected chi connectivity index (χ0v) is 13.2. The summed E-state index contributed by atoms with van der Waals surface area (Å²) in [6.07, 6.45) is 5.36. The number of nitrogens with one attached hydrogen (secondary N) is 1. The number of carbonyl (C=O) groups excluding carboxylic acids is 3. The van der Waals surface area contributed by atoms with Crippen LogP contribution in [0.2, 0.25) is 0 Å². The van der Waals surface area contributed by atoms with Crippen molar-refractivity contribution in [1.82, 2.24) is 5.32 Å². The molecule has 0 saturated heterocycles. The summed E-state index contributed by atoms with van der Waals surface area (Å²) in [6.45, 7) is 11.8. The summed E-state index contributed by atoms with van der Waals surface area (Å²) in [6, 6.07) is 0. The van der Waals surface area contributed by atoms with E-state index < -0.39 is 5.97 Å². The van der Waals surface area contributed by atoms with Gasteiger partial charge in [-0.1, -0.05) is 33.1 Å². The van der Waals surface area contributed by atoms with E-state index >= 15 is 0 Å². The van der Waals surface area contributed by atoms with Crippen LogP contribution in [0.4, 0.5) is 0 Å². The first-order chi connectivity index (χ1) is 10.4. The largest absolute Gasteiger partial charge is 0.466 e. The van der Waals surface area contributed by atoms with Gasteiger partial charge in [0.15, 0.2) is 0 Å². The minimum atomic E-state index is -0.394. The second-order valence-corrected chi connectivity index (χ2v) is 3.36. The van der Waals surface area contributed by atoms with Crippen molar-refractivity contribution in [3.8, 4) is 0 Å². The van der Waals surface area contributed by atoms with Gasteiger partial charge in [-0.15, -0.1) is 0 Å². The lowest BCUT2D eigenvalue weighted by Crippen LogP contribution is -2.20. The van der Waals surface area contributed by atoms with Crippen LogP contribution in [0.3, 0.4) is 0 Å². The lowest BCUT2D eigenvalue weighted by atomic mass is 10.4. The molecule has 0 aromatic heterocycles. The maximum absolute atomic E-state index is 10.3. The van der Waals surface area contributed by atoms with Crippen molar-refractivity contribution in [1.29, 1.82) is 0 Å². The zero-order chi connectivity index (χ0) is 17.8. The summed E-state index contributed by atoms with van der Waals surface area (Å²) in [7, 11) is 1.31. The molecule has 0 aliphatic heterocycles. The van der Waals surface area contributed by atoms with E-state index in [0.29, 0.717) is 6.61 Å². The molecule has 2 N–H and O–H groups in total.